The van der Waals surface area contributed by atoms with Crippen LogP contribution in [0.15, 0.2) is 24.8 Å². The first-order chi connectivity index (χ1) is 19.6. The zero-order valence-electron chi connectivity index (χ0n) is 24.4. The third-order valence-electron chi connectivity index (χ3n) is 8.81. The Morgan fingerprint density at radius 2 is 1.80 bits per heavy atom. The second-order valence-electron chi connectivity index (χ2n) is 11.5. The number of piperidine rings is 1. The molecule has 1 saturated carbocycles. The van der Waals surface area contributed by atoms with Crippen molar-refractivity contribution in [2.24, 2.45) is 0 Å². The van der Waals surface area contributed by atoms with E-state index >= 15 is 0 Å². The second kappa shape index (κ2) is 13.6. The molecule has 9 heteroatoms. The normalized spacial score (nSPS) is 19.6. The average Bonchev–Trinajstić information content (AvgIpc) is 3.52. The Labute approximate surface area is 238 Å². The lowest BCUT2D eigenvalue weighted by molar-refractivity contribution is -0.113. The van der Waals surface area contributed by atoms with Gasteiger partial charge in [-0.05, 0) is 70.2 Å². The zero-order chi connectivity index (χ0) is 27.9. The summed E-state index contributed by atoms with van der Waals surface area (Å²) < 4.78 is 11.9. The highest BCUT2D eigenvalue weighted by molar-refractivity contribution is 6.01. The van der Waals surface area contributed by atoms with E-state index in [-0.39, 0.29) is 5.91 Å². The first kappa shape index (κ1) is 28.6. The Kier molecular flexibility index (Phi) is 9.75. The van der Waals surface area contributed by atoms with Gasteiger partial charge in [-0.15, -0.1) is 0 Å². The molecule has 3 aliphatic rings. The van der Waals surface area contributed by atoms with E-state index in [1.54, 1.807) is 14.2 Å². The van der Waals surface area contributed by atoms with Gasteiger partial charge >= 0.3 is 0 Å². The largest absolute Gasteiger partial charge is 0.493 e. The first-order valence-corrected chi connectivity index (χ1v) is 15.2. The number of fused-ring (bicyclic) bond motifs is 1. The van der Waals surface area contributed by atoms with Gasteiger partial charge in [-0.3, -0.25) is 9.69 Å². The number of nitrogens with one attached hydrogen (secondary N) is 1. The molecule has 2 aromatic rings. The molecule has 1 aromatic heterocycles. The number of benzene rings is 1. The lowest BCUT2D eigenvalue weighted by Crippen LogP contribution is -2.45. The average molecular weight is 551 g/mol. The maximum Gasteiger partial charge on any atom is 0.252 e. The molecule has 0 atom stereocenters. The monoisotopic (exact) mass is 550 g/mol. The van der Waals surface area contributed by atoms with Crippen molar-refractivity contribution in [2.45, 2.75) is 76.3 Å². The van der Waals surface area contributed by atoms with Crippen LogP contribution in [-0.4, -0.2) is 91.2 Å². The summed E-state index contributed by atoms with van der Waals surface area (Å²) in [7, 11) is 3.34. The van der Waals surface area contributed by atoms with Gasteiger partial charge in [0.25, 0.3) is 5.91 Å². The number of rotatable bonds is 11. The van der Waals surface area contributed by atoms with E-state index in [0.717, 1.165) is 56.1 Å². The van der Waals surface area contributed by atoms with Gasteiger partial charge in [-0.25, -0.2) is 4.98 Å². The quantitative estimate of drug-likeness (QED) is 0.314. The van der Waals surface area contributed by atoms with Crippen LogP contribution < -0.4 is 19.7 Å². The van der Waals surface area contributed by atoms with E-state index in [2.05, 4.69) is 21.7 Å². The Bertz CT molecular complexity index is 1150. The first-order valence-electron chi connectivity index (χ1n) is 15.2. The van der Waals surface area contributed by atoms with Crippen molar-refractivity contribution in [3.05, 3.63) is 24.8 Å². The Hall–Kier alpha value is -2.91. The molecule has 2 saturated heterocycles. The fraction of sp³-hybridized carbons (Fsp3) is 0.645. The number of aromatic nitrogens is 2. The fourth-order valence-corrected chi connectivity index (χ4v) is 6.42. The molecule has 1 amide bonds. The van der Waals surface area contributed by atoms with Crippen molar-refractivity contribution in [1.82, 2.24) is 19.8 Å². The van der Waals surface area contributed by atoms with E-state index < -0.39 is 0 Å². The van der Waals surface area contributed by atoms with E-state index in [1.807, 2.05) is 12.1 Å². The van der Waals surface area contributed by atoms with Crippen LogP contribution in [0.3, 0.4) is 0 Å². The SMILES string of the molecule is C=CC(=O)N(C)c1nc(NC2CCN(C3CCCCC3)CC2)c2cc(OC)c(OCCCN3CCCC3)cc2n1. The zero-order valence-corrected chi connectivity index (χ0v) is 24.4. The summed E-state index contributed by atoms with van der Waals surface area (Å²) in [6, 6.07) is 4.93. The smallest absolute Gasteiger partial charge is 0.252 e. The summed E-state index contributed by atoms with van der Waals surface area (Å²) in [5, 5.41) is 4.57. The molecule has 0 unspecified atom stereocenters. The molecule has 1 aromatic carbocycles. The van der Waals surface area contributed by atoms with Crippen molar-refractivity contribution >= 4 is 28.6 Å². The molecule has 3 fully saturated rings. The molecule has 9 nitrogen and oxygen atoms in total. The number of likely N-dealkylation sites (tertiary alicyclic amines) is 2. The van der Waals surface area contributed by atoms with Crippen molar-refractivity contribution in [1.29, 1.82) is 0 Å². The molecular weight excluding hydrogens is 504 g/mol. The number of ether oxygens (including phenoxy) is 2. The number of amides is 1. The van der Waals surface area contributed by atoms with Gasteiger partial charge in [-0.1, -0.05) is 25.8 Å². The Balaban J connectivity index is 1.34. The van der Waals surface area contributed by atoms with Crippen molar-refractivity contribution in [3.63, 3.8) is 0 Å². The van der Waals surface area contributed by atoms with Crippen LogP contribution in [0, 0.1) is 0 Å². The summed E-state index contributed by atoms with van der Waals surface area (Å²) in [4.78, 5) is 28.6. The number of methoxy groups -OCH3 is 1. The maximum absolute atomic E-state index is 12.4. The summed E-state index contributed by atoms with van der Waals surface area (Å²) in [5.41, 5.74) is 0.714. The molecule has 0 spiro atoms. The molecule has 2 aliphatic heterocycles. The van der Waals surface area contributed by atoms with Crippen LogP contribution in [0.5, 0.6) is 11.5 Å². The van der Waals surface area contributed by atoms with Gasteiger partial charge in [0, 0.05) is 50.2 Å². The Morgan fingerprint density at radius 1 is 1.05 bits per heavy atom. The summed E-state index contributed by atoms with van der Waals surface area (Å²) in [6.07, 6.45) is 13.7. The predicted molar refractivity (Wildman–Crippen MR) is 161 cm³/mol. The summed E-state index contributed by atoms with van der Waals surface area (Å²) in [5.74, 6) is 2.13. The minimum atomic E-state index is -0.252. The number of likely N-dealkylation sites (N-methyl/N-ethyl adjacent to an activating group) is 1. The van der Waals surface area contributed by atoms with Gasteiger partial charge < -0.3 is 24.6 Å². The molecule has 0 bridgehead atoms. The summed E-state index contributed by atoms with van der Waals surface area (Å²) >= 11 is 0. The third-order valence-corrected chi connectivity index (χ3v) is 8.81. The van der Waals surface area contributed by atoms with Crippen LogP contribution in [0.2, 0.25) is 0 Å². The highest BCUT2D eigenvalue weighted by atomic mass is 16.5. The molecule has 5 rings (SSSR count). The topological polar surface area (TPSA) is 83.1 Å². The highest BCUT2D eigenvalue weighted by Crippen LogP contribution is 2.36. The molecule has 40 heavy (non-hydrogen) atoms. The van der Waals surface area contributed by atoms with Gasteiger partial charge in [0.15, 0.2) is 11.5 Å². The number of hydrogen-bond donors (Lipinski definition) is 1. The molecule has 3 heterocycles. The molecule has 0 radical (unpaired) electrons. The van der Waals surface area contributed by atoms with Crippen LogP contribution in [0.1, 0.15) is 64.2 Å². The van der Waals surface area contributed by atoms with E-state index in [0.29, 0.717) is 35.6 Å². The predicted octanol–water partition coefficient (Wildman–Crippen LogP) is 4.86. The minimum Gasteiger partial charge on any atom is -0.493 e. The highest BCUT2D eigenvalue weighted by Gasteiger charge is 2.27. The number of hydrogen-bond acceptors (Lipinski definition) is 8. The van der Waals surface area contributed by atoms with Crippen LogP contribution >= 0.6 is 0 Å². The lowest BCUT2D eigenvalue weighted by atomic mass is 9.92. The van der Waals surface area contributed by atoms with Gasteiger partial charge in [0.1, 0.15) is 5.82 Å². The van der Waals surface area contributed by atoms with E-state index in [1.165, 1.54) is 69.0 Å². The number of carbonyl (C=O) groups excluding carboxylic acids is 1. The number of anilines is 2. The fourth-order valence-electron chi connectivity index (χ4n) is 6.42. The Morgan fingerprint density at radius 3 is 2.50 bits per heavy atom. The van der Waals surface area contributed by atoms with E-state index in [9.17, 15) is 4.79 Å². The van der Waals surface area contributed by atoms with Gasteiger partial charge in [-0.2, -0.15) is 4.98 Å². The standard InChI is InChI=1S/C31H46N6O3/c1-4-29(38)35(2)31-33-26-22-28(40-20-10-17-36-15-8-9-16-36)27(39-3)21-25(26)30(34-31)32-23-13-18-37(19-14-23)24-11-6-5-7-12-24/h4,21-24H,1,5-20H2,2-3H3,(H,32,33,34). The lowest BCUT2D eigenvalue weighted by Gasteiger charge is -2.39. The number of nitrogens with zero attached hydrogens (tertiary/aromatic N) is 5. The van der Waals surface area contributed by atoms with Crippen molar-refractivity contribution in [2.75, 3.05) is 63.7 Å². The van der Waals surface area contributed by atoms with Gasteiger partial charge in [0.2, 0.25) is 5.95 Å². The number of carbonyl (C=O) groups is 1. The van der Waals surface area contributed by atoms with Crippen LogP contribution in [0.4, 0.5) is 11.8 Å². The second-order valence-corrected chi connectivity index (χ2v) is 11.5. The maximum atomic E-state index is 12.4. The molecule has 1 aliphatic carbocycles. The van der Waals surface area contributed by atoms with Crippen molar-refractivity contribution in [3.8, 4) is 11.5 Å². The van der Waals surface area contributed by atoms with E-state index in [4.69, 9.17) is 19.4 Å². The molecule has 1 N–H and O–H groups in total. The van der Waals surface area contributed by atoms with Crippen molar-refractivity contribution < 1.29 is 14.3 Å². The molecular formula is C31H46N6O3. The van der Waals surface area contributed by atoms with Crippen LogP contribution in [0.25, 0.3) is 10.9 Å². The molecule has 218 valence electrons. The summed E-state index contributed by atoms with van der Waals surface area (Å²) in [6.45, 7) is 9.86. The van der Waals surface area contributed by atoms with Crippen LogP contribution in [-0.2, 0) is 4.79 Å². The minimum absolute atomic E-state index is 0.252. The third kappa shape index (κ3) is 6.86. The van der Waals surface area contributed by atoms with Gasteiger partial charge in [0.05, 0.1) is 19.2 Å².